The number of ketones is 1. The van der Waals surface area contributed by atoms with Crippen LogP contribution < -0.4 is 5.73 Å². The van der Waals surface area contributed by atoms with Crippen LogP contribution in [-0.2, 0) is 25.5 Å². The van der Waals surface area contributed by atoms with E-state index in [1.807, 2.05) is 51.5 Å². The number of carbonyl (C=O) groups excluding carboxylic acids is 2. The van der Waals surface area contributed by atoms with Crippen LogP contribution in [0.5, 0.6) is 0 Å². The molecule has 7 heteroatoms. The van der Waals surface area contributed by atoms with E-state index < -0.39 is 35.8 Å². The summed E-state index contributed by atoms with van der Waals surface area (Å²) >= 11 is 0. The van der Waals surface area contributed by atoms with E-state index in [1.54, 1.807) is 6.92 Å². The molecule has 2 unspecified atom stereocenters. The molecule has 1 aromatic rings. The lowest BCUT2D eigenvalue weighted by atomic mass is 9.94. The summed E-state index contributed by atoms with van der Waals surface area (Å²) in [6, 6.07) is 8.30. The van der Waals surface area contributed by atoms with E-state index in [-0.39, 0.29) is 19.4 Å². The topological polar surface area (TPSA) is 107 Å². The van der Waals surface area contributed by atoms with Crippen molar-refractivity contribution in [2.45, 2.75) is 31.9 Å². The number of carboxylic acid groups (broad SMARTS) is 1. The van der Waals surface area contributed by atoms with Gasteiger partial charge in [-0.15, -0.1) is 0 Å². The first-order chi connectivity index (χ1) is 12.0. The molecule has 0 spiro atoms. The van der Waals surface area contributed by atoms with E-state index in [4.69, 9.17) is 10.5 Å². The molecule has 7 nitrogen and oxygen atoms in total. The monoisotopic (exact) mass is 365 g/mol. The number of esters is 1. The molecular formula is C19H29N2O5+. The molecule has 0 heterocycles. The van der Waals surface area contributed by atoms with Gasteiger partial charge >= 0.3 is 11.9 Å². The van der Waals surface area contributed by atoms with E-state index >= 15 is 0 Å². The zero-order chi connectivity index (χ0) is 19.9. The average molecular weight is 365 g/mol. The number of benzene rings is 1. The van der Waals surface area contributed by atoms with E-state index in [1.165, 1.54) is 0 Å². The molecule has 0 amide bonds. The summed E-state index contributed by atoms with van der Waals surface area (Å²) in [5, 5.41) is 9.48. The minimum atomic E-state index is -1.40. The Morgan fingerprint density at radius 2 is 1.73 bits per heavy atom. The van der Waals surface area contributed by atoms with Crippen molar-refractivity contribution in [3.8, 4) is 0 Å². The van der Waals surface area contributed by atoms with Gasteiger partial charge in [0.25, 0.3) is 0 Å². The van der Waals surface area contributed by atoms with Crippen molar-refractivity contribution in [2.24, 2.45) is 11.7 Å². The van der Waals surface area contributed by atoms with Gasteiger partial charge in [0.1, 0.15) is 12.6 Å². The van der Waals surface area contributed by atoms with Gasteiger partial charge in [-0.05, 0) is 12.0 Å². The van der Waals surface area contributed by atoms with Gasteiger partial charge in [0.2, 0.25) is 0 Å². The summed E-state index contributed by atoms with van der Waals surface area (Å²) in [5.41, 5.74) is 6.81. The molecule has 0 aromatic heterocycles. The molecule has 0 saturated heterocycles. The maximum atomic E-state index is 12.4. The molecule has 26 heavy (non-hydrogen) atoms. The van der Waals surface area contributed by atoms with E-state index in [0.717, 1.165) is 5.56 Å². The first-order valence-electron chi connectivity index (χ1n) is 8.61. The number of hydrogen-bond donors (Lipinski definition) is 2. The van der Waals surface area contributed by atoms with Gasteiger partial charge in [-0.3, -0.25) is 14.4 Å². The summed E-state index contributed by atoms with van der Waals surface area (Å²) in [6.07, 6.45) is -0.747. The Bertz CT molecular complexity index is 625. The van der Waals surface area contributed by atoms with Crippen LogP contribution in [0.1, 0.15) is 18.9 Å². The summed E-state index contributed by atoms with van der Waals surface area (Å²) in [5.74, 6) is -3.87. The molecule has 0 radical (unpaired) electrons. The zero-order valence-electron chi connectivity index (χ0n) is 15.8. The number of hydrogen-bond acceptors (Lipinski definition) is 5. The highest BCUT2D eigenvalue weighted by molar-refractivity contribution is 5.99. The highest BCUT2D eigenvalue weighted by atomic mass is 16.5. The standard InChI is InChI=1S/C19H28N2O5/c1-5-15(22)17(18(23)24)16(12-21(2,3)4)26-19(25)14(20)11-13-9-7-6-8-10-13/h6-10,14,16-17H,5,11-12,20H2,1-4H3/p+1/t14-,16?,17?/m0/s1. The molecule has 0 fully saturated rings. The van der Waals surface area contributed by atoms with E-state index in [9.17, 15) is 19.5 Å². The third-order valence-corrected chi connectivity index (χ3v) is 3.93. The number of carboxylic acids is 1. The molecule has 3 N–H and O–H groups in total. The maximum absolute atomic E-state index is 12.4. The minimum absolute atomic E-state index is 0.0538. The van der Waals surface area contributed by atoms with Crippen LogP contribution >= 0.6 is 0 Å². The lowest BCUT2D eigenvalue weighted by molar-refractivity contribution is -0.873. The molecule has 1 aromatic carbocycles. The van der Waals surface area contributed by atoms with Crippen LogP contribution in [-0.4, -0.2) is 67.1 Å². The molecule has 0 aliphatic carbocycles. The highest BCUT2D eigenvalue weighted by Gasteiger charge is 2.40. The van der Waals surface area contributed by atoms with Gasteiger partial charge in [-0.25, -0.2) is 0 Å². The van der Waals surface area contributed by atoms with Crippen LogP contribution in [0.4, 0.5) is 0 Å². The van der Waals surface area contributed by atoms with E-state index in [0.29, 0.717) is 4.48 Å². The highest BCUT2D eigenvalue weighted by Crippen LogP contribution is 2.17. The molecular weight excluding hydrogens is 336 g/mol. The largest absolute Gasteiger partial charge is 0.481 e. The fraction of sp³-hybridized carbons (Fsp3) is 0.526. The molecule has 1 rings (SSSR count). The summed E-state index contributed by atoms with van der Waals surface area (Å²) in [7, 11) is 5.50. The molecule has 0 bridgehead atoms. The Hall–Kier alpha value is -2.25. The number of Topliss-reactive ketones (excluding diaryl/α,β-unsaturated/α-hetero) is 1. The van der Waals surface area contributed by atoms with Gasteiger partial charge < -0.3 is 20.1 Å². The molecule has 3 atom stereocenters. The number of quaternary nitrogens is 1. The fourth-order valence-corrected chi connectivity index (χ4v) is 2.66. The van der Waals surface area contributed by atoms with Gasteiger partial charge in [0.15, 0.2) is 17.8 Å². The van der Waals surface area contributed by atoms with Gasteiger partial charge in [0.05, 0.1) is 21.1 Å². The number of nitrogens with zero attached hydrogens (tertiary/aromatic N) is 1. The predicted molar refractivity (Wildman–Crippen MR) is 97.3 cm³/mol. The van der Waals surface area contributed by atoms with Crippen molar-refractivity contribution in [3.63, 3.8) is 0 Å². The predicted octanol–water partition coefficient (Wildman–Crippen LogP) is 0.854. The van der Waals surface area contributed by atoms with Crippen LogP contribution in [0.3, 0.4) is 0 Å². The summed E-state index contributed by atoms with van der Waals surface area (Å²) in [4.78, 5) is 36.2. The van der Waals surface area contributed by atoms with Crippen molar-refractivity contribution in [1.82, 2.24) is 0 Å². The number of aliphatic carboxylic acids is 1. The molecule has 144 valence electrons. The maximum Gasteiger partial charge on any atom is 0.323 e. The van der Waals surface area contributed by atoms with Crippen LogP contribution in [0.25, 0.3) is 0 Å². The Kier molecular flexibility index (Phi) is 7.92. The van der Waals surface area contributed by atoms with Crippen molar-refractivity contribution in [3.05, 3.63) is 35.9 Å². The van der Waals surface area contributed by atoms with Gasteiger partial charge in [-0.2, -0.15) is 0 Å². The second kappa shape index (κ2) is 9.45. The van der Waals surface area contributed by atoms with Crippen LogP contribution in [0.15, 0.2) is 30.3 Å². The Balaban J connectivity index is 2.94. The fourth-order valence-electron chi connectivity index (χ4n) is 2.66. The number of ether oxygens (including phenoxy) is 1. The van der Waals surface area contributed by atoms with Crippen LogP contribution in [0, 0.1) is 5.92 Å². The van der Waals surface area contributed by atoms with Crippen LogP contribution in [0.2, 0.25) is 0 Å². The number of rotatable bonds is 10. The third kappa shape index (κ3) is 6.93. The van der Waals surface area contributed by atoms with Crippen molar-refractivity contribution in [1.29, 1.82) is 0 Å². The second-order valence-electron chi connectivity index (χ2n) is 7.38. The normalized spacial score (nSPS) is 15.0. The summed E-state index contributed by atoms with van der Waals surface area (Å²) < 4.78 is 5.77. The number of likely N-dealkylation sites (N-methyl/N-ethyl adjacent to an activating group) is 1. The number of carbonyl (C=O) groups is 3. The Morgan fingerprint density at radius 3 is 2.19 bits per heavy atom. The van der Waals surface area contributed by atoms with Crippen molar-refractivity contribution >= 4 is 17.7 Å². The molecule has 0 saturated carbocycles. The van der Waals surface area contributed by atoms with Crippen molar-refractivity contribution in [2.75, 3.05) is 27.7 Å². The first kappa shape index (κ1) is 21.8. The molecule has 0 aliphatic heterocycles. The SMILES string of the molecule is CCC(=O)C(C(=O)O)C(C[N+](C)(C)C)OC(=O)[C@@H](N)Cc1ccccc1. The summed E-state index contributed by atoms with van der Waals surface area (Å²) in [6.45, 7) is 1.77. The van der Waals surface area contributed by atoms with Gasteiger partial charge in [-0.1, -0.05) is 37.3 Å². The smallest absolute Gasteiger partial charge is 0.323 e. The van der Waals surface area contributed by atoms with Gasteiger partial charge in [0, 0.05) is 6.42 Å². The molecule has 0 aliphatic rings. The Morgan fingerprint density at radius 1 is 1.15 bits per heavy atom. The third-order valence-electron chi connectivity index (χ3n) is 3.93. The minimum Gasteiger partial charge on any atom is -0.481 e. The average Bonchev–Trinajstić information content (AvgIpc) is 2.53. The second-order valence-corrected chi connectivity index (χ2v) is 7.38. The lowest BCUT2D eigenvalue weighted by Gasteiger charge is -2.31. The number of nitrogens with two attached hydrogens (primary N) is 1. The zero-order valence-corrected chi connectivity index (χ0v) is 15.8. The Labute approximate surface area is 154 Å². The lowest BCUT2D eigenvalue weighted by Crippen LogP contribution is -2.51. The van der Waals surface area contributed by atoms with E-state index in [2.05, 4.69) is 0 Å². The van der Waals surface area contributed by atoms with Crippen molar-refractivity contribution < 1.29 is 28.7 Å². The first-order valence-corrected chi connectivity index (χ1v) is 8.61. The quantitative estimate of drug-likeness (QED) is 0.362.